The van der Waals surface area contributed by atoms with Gasteiger partial charge in [0.1, 0.15) is 12.6 Å². The van der Waals surface area contributed by atoms with Gasteiger partial charge in [-0.2, -0.15) is 0 Å². The molecule has 6 heteroatoms. The minimum absolute atomic E-state index is 0.0844. The van der Waals surface area contributed by atoms with E-state index < -0.39 is 23.5 Å². The second-order valence-electron chi connectivity index (χ2n) is 9.87. The number of piperidine rings is 1. The summed E-state index contributed by atoms with van der Waals surface area (Å²) in [5, 5.41) is 12.6. The Morgan fingerprint density at radius 3 is 2.18 bits per heavy atom. The third kappa shape index (κ3) is 4.46. The van der Waals surface area contributed by atoms with E-state index in [9.17, 15) is 14.7 Å². The zero-order valence-electron chi connectivity index (χ0n) is 19.2. The zero-order chi connectivity index (χ0) is 23.6. The summed E-state index contributed by atoms with van der Waals surface area (Å²) >= 11 is 0. The molecular weight excluding hydrogens is 416 g/mol. The number of terminal acetylenes is 1. The normalized spacial score (nSPS) is 18.9. The Hall–Kier alpha value is -3.30. The second-order valence-corrected chi connectivity index (χ2v) is 9.87. The van der Waals surface area contributed by atoms with Crippen molar-refractivity contribution in [2.45, 2.75) is 31.2 Å². The van der Waals surface area contributed by atoms with Crippen molar-refractivity contribution in [2.75, 3.05) is 33.8 Å². The van der Waals surface area contributed by atoms with Gasteiger partial charge >= 0.3 is 12.1 Å². The van der Waals surface area contributed by atoms with Crippen LogP contribution in [-0.2, 0) is 9.53 Å². The highest BCUT2D eigenvalue weighted by Crippen LogP contribution is 2.44. The minimum atomic E-state index is -1.09. The summed E-state index contributed by atoms with van der Waals surface area (Å²) in [6.07, 6.45) is 6.46. The Bertz CT molecular complexity index is 1050. The Labute approximate surface area is 195 Å². The molecule has 1 atom stereocenters. The van der Waals surface area contributed by atoms with Crippen LogP contribution in [0.5, 0.6) is 0 Å². The molecular formula is C27H31N2O4+. The first kappa shape index (κ1) is 22.9. The average Bonchev–Trinajstić information content (AvgIpc) is 3.11. The summed E-state index contributed by atoms with van der Waals surface area (Å²) in [5.41, 5.74) is 3.82. The average molecular weight is 448 g/mol. The van der Waals surface area contributed by atoms with E-state index in [1.165, 1.54) is 0 Å². The van der Waals surface area contributed by atoms with Crippen molar-refractivity contribution in [1.29, 1.82) is 0 Å². The lowest BCUT2D eigenvalue weighted by atomic mass is 9.69. The van der Waals surface area contributed by atoms with Crippen molar-refractivity contribution in [3.05, 3.63) is 59.7 Å². The molecule has 33 heavy (non-hydrogen) atoms. The fraction of sp³-hybridized carbons (Fsp3) is 0.407. The number of carbonyl (C=O) groups excluding carboxylic acids is 1. The number of benzene rings is 2. The molecule has 0 bridgehead atoms. The van der Waals surface area contributed by atoms with Gasteiger partial charge in [0.05, 0.1) is 27.2 Å². The summed E-state index contributed by atoms with van der Waals surface area (Å²) in [6.45, 7) is 1.74. The first-order valence-electron chi connectivity index (χ1n) is 11.4. The number of carboxylic acid groups (broad SMARTS) is 1. The first-order valence-corrected chi connectivity index (χ1v) is 11.4. The Balaban J connectivity index is 1.48. The van der Waals surface area contributed by atoms with Gasteiger partial charge in [-0.05, 0) is 22.3 Å². The number of nitrogens with one attached hydrogen (secondary N) is 1. The highest BCUT2D eigenvalue weighted by Gasteiger charge is 2.48. The predicted octanol–water partition coefficient (Wildman–Crippen LogP) is 3.86. The van der Waals surface area contributed by atoms with Crippen LogP contribution in [0.1, 0.15) is 36.3 Å². The largest absolute Gasteiger partial charge is 0.480 e. The van der Waals surface area contributed by atoms with Crippen LogP contribution in [0.3, 0.4) is 0 Å². The zero-order valence-corrected chi connectivity index (χ0v) is 19.2. The molecule has 1 saturated heterocycles. The van der Waals surface area contributed by atoms with Gasteiger partial charge in [-0.15, -0.1) is 12.3 Å². The van der Waals surface area contributed by atoms with Crippen molar-refractivity contribution in [2.24, 2.45) is 5.41 Å². The Morgan fingerprint density at radius 1 is 1.12 bits per heavy atom. The first-order chi connectivity index (χ1) is 15.8. The summed E-state index contributed by atoms with van der Waals surface area (Å²) in [5.74, 6) is 1.49. The Kier molecular flexibility index (Phi) is 6.18. The molecule has 2 aliphatic rings. The summed E-state index contributed by atoms with van der Waals surface area (Å²) < 4.78 is 6.42. The number of quaternary nitrogens is 1. The van der Waals surface area contributed by atoms with Crippen molar-refractivity contribution in [1.82, 2.24) is 5.32 Å². The number of amides is 1. The maximum Gasteiger partial charge on any atom is 0.407 e. The lowest BCUT2D eigenvalue weighted by molar-refractivity contribution is -0.897. The molecule has 2 aromatic carbocycles. The van der Waals surface area contributed by atoms with Crippen LogP contribution in [0.4, 0.5) is 4.79 Å². The lowest BCUT2D eigenvalue weighted by Gasteiger charge is -2.46. The van der Waals surface area contributed by atoms with Gasteiger partial charge in [0.25, 0.3) is 0 Å². The SMILES string of the molecule is C#CCC1([C@@H](NC(=O)OCC2c3ccccc3-c3ccccc32)C(=O)O)CC[N+](C)(C)CC1. The number of carbonyl (C=O) groups is 2. The van der Waals surface area contributed by atoms with E-state index in [0.29, 0.717) is 19.3 Å². The van der Waals surface area contributed by atoms with E-state index in [0.717, 1.165) is 39.8 Å². The fourth-order valence-electron chi connectivity index (χ4n) is 5.29. The number of carboxylic acids is 1. The standard InChI is InChI=1S/C27H30N2O4/c1-4-13-27(14-16-29(2,3)17-15-27)24(25(30)31)28-26(32)33-18-23-21-11-7-5-9-19(21)20-10-6-8-12-22(20)23/h1,5-12,23-24H,13-18H2,2-3H3,(H-,28,30,31,32)/p+1/t24-/m0/s1. The third-order valence-corrected chi connectivity index (χ3v) is 7.35. The molecule has 1 aliphatic carbocycles. The minimum Gasteiger partial charge on any atom is -0.480 e. The number of rotatable bonds is 6. The van der Waals surface area contributed by atoms with E-state index in [1.807, 2.05) is 36.4 Å². The highest BCUT2D eigenvalue weighted by molar-refractivity contribution is 5.81. The molecule has 0 spiro atoms. The number of alkyl carbamates (subject to hydrolysis) is 1. The van der Waals surface area contributed by atoms with Crippen molar-refractivity contribution in [3.63, 3.8) is 0 Å². The molecule has 0 saturated carbocycles. The number of aliphatic carboxylic acids is 1. The molecule has 2 N–H and O–H groups in total. The Morgan fingerprint density at radius 2 is 1.67 bits per heavy atom. The van der Waals surface area contributed by atoms with Gasteiger partial charge in [0.15, 0.2) is 0 Å². The second kappa shape index (κ2) is 8.92. The highest BCUT2D eigenvalue weighted by atomic mass is 16.5. The van der Waals surface area contributed by atoms with Gasteiger partial charge in [0.2, 0.25) is 0 Å². The van der Waals surface area contributed by atoms with Crippen LogP contribution in [0.15, 0.2) is 48.5 Å². The van der Waals surface area contributed by atoms with Crippen LogP contribution in [0, 0.1) is 17.8 Å². The van der Waals surface area contributed by atoms with Gasteiger partial charge in [-0.25, -0.2) is 9.59 Å². The van der Waals surface area contributed by atoms with Crippen molar-refractivity contribution >= 4 is 12.1 Å². The molecule has 1 heterocycles. The predicted molar refractivity (Wildman–Crippen MR) is 127 cm³/mol. The van der Waals surface area contributed by atoms with E-state index in [1.54, 1.807) is 0 Å². The van der Waals surface area contributed by atoms with Crippen LogP contribution in [-0.4, -0.2) is 61.5 Å². The van der Waals surface area contributed by atoms with Crippen molar-refractivity contribution in [3.8, 4) is 23.5 Å². The number of likely N-dealkylation sites (tertiary alicyclic amines) is 1. The van der Waals surface area contributed by atoms with Gasteiger partial charge in [-0.1, -0.05) is 48.5 Å². The molecule has 4 rings (SSSR count). The number of fused-ring (bicyclic) bond motifs is 3. The van der Waals surface area contributed by atoms with Crippen LogP contribution in [0.25, 0.3) is 11.1 Å². The molecule has 0 aromatic heterocycles. The fourth-order valence-corrected chi connectivity index (χ4v) is 5.29. The molecule has 172 valence electrons. The van der Waals surface area contributed by atoms with E-state index >= 15 is 0 Å². The van der Waals surface area contributed by atoms with Crippen LogP contribution in [0.2, 0.25) is 0 Å². The number of ether oxygens (including phenoxy) is 1. The topological polar surface area (TPSA) is 75.6 Å². The maximum atomic E-state index is 12.8. The van der Waals surface area contributed by atoms with Gasteiger partial charge in [-0.3, -0.25) is 0 Å². The monoisotopic (exact) mass is 447 g/mol. The number of hydrogen-bond donors (Lipinski definition) is 2. The maximum absolute atomic E-state index is 12.8. The van der Waals surface area contributed by atoms with E-state index in [4.69, 9.17) is 11.2 Å². The molecule has 0 radical (unpaired) electrons. The summed E-state index contributed by atoms with van der Waals surface area (Å²) in [6, 6.07) is 15.1. The van der Waals surface area contributed by atoms with E-state index in [2.05, 4.69) is 37.5 Å². The number of nitrogens with zero attached hydrogens (tertiary/aromatic N) is 1. The van der Waals surface area contributed by atoms with Gasteiger partial charge in [0, 0.05) is 30.6 Å². The molecule has 0 unspecified atom stereocenters. The quantitative estimate of drug-likeness (QED) is 0.521. The molecule has 1 fully saturated rings. The molecule has 6 nitrogen and oxygen atoms in total. The van der Waals surface area contributed by atoms with Crippen molar-refractivity contribution < 1.29 is 23.9 Å². The smallest absolute Gasteiger partial charge is 0.407 e. The van der Waals surface area contributed by atoms with Crippen LogP contribution < -0.4 is 5.32 Å². The molecule has 1 aliphatic heterocycles. The third-order valence-electron chi connectivity index (χ3n) is 7.35. The lowest BCUT2D eigenvalue weighted by Crippen LogP contribution is -2.59. The number of hydrogen-bond acceptors (Lipinski definition) is 3. The van der Waals surface area contributed by atoms with E-state index in [-0.39, 0.29) is 12.5 Å². The molecule has 1 amide bonds. The summed E-state index contributed by atoms with van der Waals surface area (Å²) in [4.78, 5) is 25.0. The molecule has 2 aromatic rings. The summed E-state index contributed by atoms with van der Waals surface area (Å²) in [7, 11) is 4.24. The van der Waals surface area contributed by atoms with Gasteiger partial charge < -0.3 is 19.6 Å². The van der Waals surface area contributed by atoms with Crippen LogP contribution >= 0.6 is 0 Å².